The Labute approximate surface area is 102 Å². The Morgan fingerprint density at radius 3 is 2.94 bits per heavy atom. The second kappa shape index (κ2) is 3.84. The number of para-hydroxylation sites is 1. The molecule has 3 nitrogen and oxygen atoms in total. The van der Waals surface area contributed by atoms with Crippen molar-refractivity contribution in [3.8, 4) is 0 Å². The number of aryl methyl sites for hydroxylation is 1. The lowest BCUT2D eigenvalue weighted by molar-refractivity contribution is 0.356. The van der Waals surface area contributed by atoms with Gasteiger partial charge in [0.15, 0.2) is 0 Å². The van der Waals surface area contributed by atoms with E-state index in [1.165, 1.54) is 18.4 Å². The van der Waals surface area contributed by atoms with Crippen LogP contribution in [0.1, 0.15) is 37.6 Å². The molecule has 1 aromatic heterocycles. The van der Waals surface area contributed by atoms with Crippen molar-refractivity contribution in [3.63, 3.8) is 0 Å². The molecule has 3 heteroatoms. The standard InChI is InChI=1S/C14H19N3/c1-3-14(8-5-9-15-14)13-16-11-7-4-6-10(2)12(11)17-13/h4,6-7,15H,3,5,8-9H2,1-2H3,(H,16,17). The Morgan fingerprint density at radius 2 is 2.29 bits per heavy atom. The van der Waals surface area contributed by atoms with Crippen LogP contribution in [0.2, 0.25) is 0 Å². The maximum Gasteiger partial charge on any atom is 0.127 e. The van der Waals surface area contributed by atoms with Gasteiger partial charge in [0.1, 0.15) is 5.82 Å². The Balaban J connectivity index is 2.14. The van der Waals surface area contributed by atoms with Crippen molar-refractivity contribution < 1.29 is 0 Å². The van der Waals surface area contributed by atoms with Crippen molar-refractivity contribution in [2.75, 3.05) is 6.54 Å². The minimum absolute atomic E-state index is 0.0749. The van der Waals surface area contributed by atoms with Crippen LogP contribution in [0.15, 0.2) is 18.2 Å². The summed E-state index contributed by atoms with van der Waals surface area (Å²) in [6.45, 7) is 5.45. The number of rotatable bonds is 2. The molecule has 1 aliphatic heterocycles. The fourth-order valence-electron chi connectivity index (χ4n) is 2.88. The summed E-state index contributed by atoms with van der Waals surface area (Å²) in [5.41, 5.74) is 3.59. The smallest absolute Gasteiger partial charge is 0.127 e. The average molecular weight is 229 g/mol. The molecule has 1 saturated heterocycles. The maximum atomic E-state index is 4.82. The van der Waals surface area contributed by atoms with Crippen molar-refractivity contribution in [2.45, 2.75) is 38.6 Å². The van der Waals surface area contributed by atoms with Crippen molar-refractivity contribution in [1.29, 1.82) is 0 Å². The molecule has 1 fully saturated rings. The SMILES string of the molecule is CCC1(c2nc3c(C)cccc3[nH]2)CCCN1. The highest BCUT2D eigenvalue weighted by molar-refractivity contribution is 5.78. The predicted molar refractivity (Wildman–Crippen MR) is 70.0 cm³/mol. The number of benzene rings is 1. The zero-order valence-electron chi connectivity index (χ0n) is 10.5. The summed E-state index contributed by atoms with van der Waals surface area (Å²) in [6, 6.07) is 6.31. The largest absolute Gasteiger partial charge is 0.340 e. The number of H-pyrrole nitrogens is 1. The molecular formula is C14H19N3. The monoisotopic (exact) mass is 229 g/mol. The van der Waals surface area contributed by atoms with E-state index in [1.807, 2.05) is 0 Å². The predicted octanol–water partition coefficient (Wildman–Crippen LogP) is 2.86. The van der Waals surface area contributed by atoms with Crippen LogP contribution in [0.25, 0.3) is 11.0 Å². The minimum Gasteiger partial charge on any atom is -0.340 e. The van der Waals surface area contributed by atoms with Crippen LogP contribution in [0.5, 0.6) is 0 Å². The van der Waals surface area contributed by atoms with E-state index < -0.39 is 0 Å². The van der Waals surface area contributed by atoms with Gasteiger partial charge in [0.25, 0.3) is 0 Å². The minimum atomic E-state index is 0.0749. The van der Waals surface area contributed by atoms with Crippen LogP contribution >= 0.6 is 0 Å². The van der Waals surface area contributed by atoms with Crippen LogP contribution in [0.3, 0.4) is 0 Å². The van der Waals surface area contributed by atoms with E-state index >= 15 is 0 Å². The molecule has 2 aromatic rings. The van der Waals surface area contributed by atoms with Crippen LogP contribution in [0.4, 0.5) is 0 Å². The van der Waals surface area contributed by atoms with E-state index in [-0.39, 0.29) is 5.54 Å². The zero-order valence-corrected chi connectivity index (χ0v) is 10.5. The molecule has 1 aromatic carbocycles. The fourth-order valence-corrected chi connectivity index (χ4v) is 2.88. The van der Waals surface area contributed by atoms with Gasteiger partial charge in [0.05, 0.1) is 16.6 Å². The third kappa shape index (κ3) is 1.57. The summed E-state index contributed by atoms with van der Waals surface area (Å²) in [5, 5.41) is 3.62. The molecule has 0 bridgehead atoms. The van der Waals surface area contributed by atoms with Gasteiger partial charge in [-0.3, -0.25) is 0 Å². The third-order valence-electron chi connectivity index (χ3n) is 4.02. The number of hydrogen-bond acceptors (Lipinski definition) is 2. The van der Waals surface area contributed by atoms with E-state index in [9.17, 15) is 0 Å². The lowest BCUT2D eigenvalue weighted by atomic mass is 9.93. The molecule has 2 N–H and O–H groups in total. The Kier molecular flexibility index (Phi) is 2.44. The molecule has 1 unspecified atom stereocenters. The average Bonchev–Trinajstić information content (AvgIpc) is 2.96. The van der Waals surface area contributed by atoms with E-state index in [2.05, 4.69) is 42.3 Å². The number of aromatic amines is 1. The molecule has 1 aliphatic rings. The van der Waals surface area contributed by atoms with E-state index in [4.69, 9.17) is 4.98 Å². The Hall–Kier alpha value is -1.35. The normalized spacial score (nSPS) is 24.6. The summed E-state index contributed by atoms with van der Waals surface area (Å²) in [4.78, 5) is 8.32. The molecular weight excluding hydrogens is 210 g/mol. The van der Waals surface area contributed by atoms with Gasteiger partial charge in [-0.15, -0.1) is 0 Å². The summed E-state index contributed by atoms with van der Waals surface area (Å²) >= 11 is 0. The van der Waals surface area contributed by atoms with E-state index in [0.29, 0.717) is 0 Å². The van der Waals surface area contributed by atoms with Gasteiger partial charge in [-0.05, 0) is 44.4 Å². The van der Waals surface area contributed by atoms with Gasteiger partial charge < -0.3 is 10.3 Å². The van der Waals surface area contributed by atoms with Crippen LogP contribution < -0.4 is 5.32 Å². The Bertz CT molecular complexity index is 535. The number of imidazole rings is 1. The first kappa shape index (κ1) is 10.8. The number of hydrogen-bond donors (Lipinski definition) is 2. The van der Waals surface area contributed by atoms with Crippen molar-refractivity contribution >= 4 is 11.0 Å². The van der Waals surface area contributed by atoms with Crippen LogP contribution in [-0.4, -0.2) is 16.5 Å². The molecule has 0 radical (unpaired) electrons. The molecule has 0 spiro atoms. The highest BCUT2D eigenvalue weighted by atomic mass is 15.1. The lowest BCUT2D eigenvalue weighted by Gasteiger charge is -2.25. The Morgan fingerprint density at radius 1 is 1.41 bits per heavy atom. The topological polar surface area (TPSA) is 40.7 Å². The highest BCUT2D eigenvalue weighted by Crippen LogP contribution is 2.33. The number of nitrogens with one attached hydrogen (secondary N) is 2. The number of fused-ring (bicyclic) bond motifs is 1. The first-order valence-electron chi connectivity index (χ1n) is 6.46. The maximum absolute atomic E-state index is 4.82. The van der Waals surface area contributed by atoms with Crippen molar-refractivity contribution in [3.05, 3.63) is 29.6 Å². The highest BCUT2D eigenvalue weighted by Gasteiger charge is 2.36. The fraction of sp³-hybridized carbons (Fsp3) is 0.500. The van der Waals surface area contributed by atoms with Crippen LogP contribution in [-0.2, 0) is 5.54 Å². The second-order valence-corrected chi connectivity index (χ2v) is 5.02. The number of aromatic nitrogens is 2. The summed E-state index contributed by atoms with van der Waals surface area (Å²) in [5.74, 6) is 1.11. The molecule has 1 atom stereocenters. The molecule has 17 heavy (non-hydrogen) atoms. The lowest BCUT2D eigenvalue weighted by Crippen LogP contribution is -2.37. The summed E-state index contributed by atoms with van der Waals surface area (Å²) in [7, 11) is 0. The van der Waals surface area contributed by atoms with Gasteiger partial charge in [-0.25, -0.2) is 4.98 Å². The van der Waals surface area contributed by atoms with Crippen molar-refractivity contribution in [1.82, 2.24) is 15.3 Å². The first-order valence-corrected chi connectivity index (χ1v) is 6.46. The summed E-state index contributed by atoms with van der Waals surface area (Å²) in [6.07, 6.45) is 3.51. The molecule has 3 rings (SSSR count). The number of nitrogens with zero attached hydrogens (tertiary/aromatic N) is 1. The molecule has 90 valence electrons. The van der Waals surface area contributed by atoms with Gasteiger partial charge in [0, 0.05) is 0 Å². The van der Waals surface area contributed by atoms with Gasteiger partial charge in [-0.2, -0.15) is 0 Å². The second-order valence-electron chi connectivity index (χ2n) is 5.02. The summed E-state index contributed by atoms with van der Waals surface area (Å²) < 4.78 is 0. The molecule has 0 amide bonds. The first-order chi connectivity index (χ1) is 8.25. The quantitative estimate of drug-likeness (QED) is 0.831. The van der Waals surface area contributed by atoms with Crippen LogP contribution in [0, 0.1) is 6.92 Å². The zero-order chi connectivity index (χ0) is 11.9. The van der Waals surface area contributed by atoms with E-state index in [0.717, 1.165) is 29.8 Å². The van der Waals surface area contributed by atoms with Gasteiger partial charge in [-0.1, -0.05) is 19.1 Å². The van der Waals surface area contributed by atoms with Gasteiger partial charge in [0.2, 0.25) is 0 Å². The molecule has 0 aliphatic carbocycles. The van der Waals surface area contributed by atoms with Crippen molar-refractivity contribution in [2.24, 2.45) is 0 Å². The third-order valence-corrected chi connectivity index (χ3v) is 4.02. The molecule has 0 saturated carbocycles. The van der Waals surface area contributed by atoms with E-state index in [1.54, 1.807) is 0 Å². The molecule has 2 heterocycles. The van der Waals surface area contributed by atoms with Gasteiger partial charge >= 0.3 is 0 Å².